The van der Waals surface area contributed by atoms with Crippen molar-refractivity contribution in [1.29, 1.82) is 0 Å². The van der Waals surface area contributed by atoms with Crippen LogP contribution in [0.1, 0.15) is 26.7 Å². The average molecular weight is 209 g/mol. The number of hydrogen-bond donors (Lipinski definition) is 1. The third kappa shape index (κ3) is 4.63. The van der Waals surface area contributed by atoms with Gasteiger partial charge in [0.25, 0.3) is 0 Å². The Morgan fingerprint density at radius 2 is 2.20 bits per heavy atom. The van der Waals surface area contributed by atoms with E-state index in [1.165, 1.54) is 6.42 Å². The third-order valence-corrected chi connectivity index (χ3v) is 2.04. The van der Waals surface area contributed by atoms with Gasteiger partial charge >= 0.3 is 0 Å². The molecule has 1 aromatic heterocycles. The second kappa shape index (κ2) is 6.22. The Bertz CT molecular complexity index is 289. The molecule has 0 spiro atoms. The Balaban J connectivity index is 2.30. The Hall–Kier alpha value is -1.32. The summed E-state index contributed by atoms with van der Waals surface area (Å²) in [4.78, 5) is 8.23. The maximum Gasteiger partial charge on any atom is 0.234 e. The van der Waals surface area contributed by atoms with E-state index in [9.17, 15) is 0 Å². The van der Waals surface area contributed by atoms with Crippen LogP contribution in [0.4, 0.5) is 5.82 Å². The Labute approximate surface area is 91.1 Å². The van der Waals surface area contributed by atoms with E-state index in [1.807, 2.05) is 7.05 Å². The zero-order valence-electron chi connectivity index (χ0n) is 9.66. The van der Waals surface area contributed by atoms with Gasteiger partial charge in [0.1, 0.15) is 5.82 Å². The van der Waals surface area contributed by atoms with Gasteiger partial charge in [0, 0.05) is 7.05 Å². The van der Waals surface area contributed by atoms with Gasteiger partial charge in [-0.15, -0.1) is 0 Å². The fourth-order valence-electron chi connectivity index (χ4n) is 1.21. The lowest BCUT2D eigenvalue weighted by Gasteiger charge is -2.07. The lowest BCUT2D eigenvalue weighted by atomic mass is 10.1. The monoisotopic (exact) mass is 209 g/mol. The van der Waals surface area contributed by atoms with Gasteiger partial charge in [0.2, 0.25) is 5.88 Å². The van der Waals surface area contributed by atoms with Crippen LogP contribution in [0.5, 0.6) is 5.88 Å². The highest BCUT2D eigenvalue weighted by Gasteiger charge is 1.99. The van der Waals surface area contributed by atoms with Crippen molar-refractivity contribution in [2.24, 2.45) is 5.92 Å². The highest BCUT2D eigenvalue weighted by atomic mass is 16.5. The molecular formula is C11H19N3O. The lowest BCUT2D eigenvalue weighted by molar-refractivity contribution is 0.286. The first-order chi connectivity index (χ1) is 7.22. The second-order valence-corrected chi connectivity index (χ2v) is 3.88. The number of ether oxygens (including phenoxy) is 1. The molecule has 0 unspecified atom stereocenters. The van der Waals surface area contributed by atoms with Gasteiger partial charge in [0.15, 0.2) is 0 Å². The minimum atomic E-state index is 0.589. The molecule has 0 bridgehead atoms. The van der Waals surface area contributed by atoms with E-state index < -0.39 is 0 Å². The molecule has 4 nitrogen and oxygen atoms in total. The van der Waals surface area contributed by atoms with E-state index in [0.717, 1.165) is 18.2 Å². The summed E-state index contributed by atoms with van der Waals surface area (Å²) in [7, 11) is 1.81. The van der Waals surface area contributed by atoms with E-state index >= 15 is 0 Å². The van der Waals surface area contributed by atoms with Crippen molar-refractivity contribution < 1.29 is 4.74 Å². The molecule has 1 N–H and O–H groups in total. The zero-order chi connectivity index (χ0) is 11.1. The standard InChI is InChI=1S/C11H19N3O/c1-9(2)5-4-6-15-11-8-13-7-10(12-3)14-11/h7-9H,4-6H2,1-3H3,(H,12,14). The van der Waals surface area contributed by atoms with Crippen molar-refractivity contribution >= 4 is 5.82 Å². The van der Waals surface area contributed by atoms with Gasteiger partial charge in [-0.2, -0.15) is 4.98 Å². The molecule has 0 aliphatic heterocycles. The summed E-state index contributed by atoms with van der Waals surface area (Å²) < 4.78 is 5.49. The molecule has 0 aliphatic carbocycles. The van der Waals surface area contributed by atoms with Gasteiger partial charge in [-0.05, 0) is 18.8 Å². The van der Waals surface area contributed by atoms with E-state index in [2.05, 4.69) is 29.1 Å². The highest BCUT2D eigenvalue weighted by Crippen LogP contribution is 2.09. The van der Waals surface area contributed by atoms with Crippen LogP contribution >= 0.6 is 0 Å². The van der Waals surface area contributed by atoms with Gasteiger partial charge in [-0.3, -0.25) is 4.98 Å². The van der Waals surface area contributed by atoms with E-state index in [1.54, 1.807) is 12.4 Å². The van der Waals surface area contributed by atoms with Gasteiger partial charge < -0.3 is 10.1 Å². The number of nitrogens with one attached hydrogen (secondary N) is 1. The van der Waals surface area contributed by atoms with Crippen LogP contribution in [0.15, 0.2) is 12.4 Å². The molecule has 0 aromatic carbocycles. The maximum absolute atomic E-state index is 5.49. The van der Waals surface area contributed by atoms with Crippen LogP contribution in [0.2, 0.25) is 0 Å². The molecule has 1 aromatic rings. The summed E-state index contributed by atoms with van der Waals surface area (Å²) in [6.07, 6.45) is 5.54. The van der Waals surface area contributed by atoms with E-state index in [-0.39, 0.29) is 0 Å². The lowest BCUT2D eigenvalue weighted by Crippen LogP contribution is -2.02. The Morgan fingerprint density at radius 1 is 1.40 bits per heavy atom. The number of aromatic nitrogens is 2. The van der Waals surface area contributed by atoms with Crippen molar-refractivity contribution in [2.45, 2.75) is 26.7 Å². The largest absolute Gasteiger partial charge is 0.477 e. The SMILES string of the molecule is CNc1cncc(OCCCC(C)C)n1. The Kier molecular flexibility index (Phi) is 4.87. The molecule has 0 amide bonds. The molecular weight excluding hydrogens is 190 g/mol. The van der Waals surface area contributed by atoms with Gasteiger partial charge in [0.05, 0.1) is 19.0 Å². The molecule has 4 heteroatoms. The fourth-order valence-corrected chi connectivity index (χ4v) is 1.21. The molecule has 0 atom stereocenters. The second-order valence-electron chi connectivity index (χ2n) is 3.88. The summed E-state index contributed by atoms with van der Waals surface area (Å²) >= 11 is 0. The molecule has 0 saturated heterocycles. The first-order valence-electron chi connectivity index (χ1n) is 5.35. The van der Waals surface area contributed by atoms with Gasteiger partial charge in [-0.1, -0.05) is 13.8 Å². The van der Waals surface area contributed by atoms with E-state index in [0.29, 0.717) is 12.5 Å². The normalized spacial score (nSPS) is 10.4. The summed E-state index contributed by atoms with van der Waals surface area (Å²) in [5.74, 6) is 2.05. The fraction of sp³-hybridized carbons (Fsp3) is 0.636. The summed E-state index contributed by atoms with van der Waals surface area (Å²) in [5.41, 5.74) is 0. The Morgan fingerprint density at radius 3 is 2.87 bits per heavy atom. The number of rotatable bonds is 6. The smallest absolute Gasteiger partial charge is 0.234 e. The zero-order valence-corrected chi connectivity index (χ0v) is 9.66. The molecule has 0 fully saturated rings. The number of hydrogen-bond acceptors (Lipinski definition) is 4. The number of anilines is 1. The molecule has 0 aliphatic rings. The van der Waals surface area contributed by atoms with Crippen molar-refractivity contribution in [1.82, 2.24) is 9.97 Å². The third-order valence-electron chi connectivity index (χ3n) is 2.04. The predicted molar refractivity (Wildman–Crippen MR) is 61.1 cm³/mol. The minimum Gasteiger partial charge on any atom is -0.477 e. The van der Waals surface area contributed by atoms with Crippen LogP contribution in [-0.4, -0.2) is 23.6 Å². The number of nitrogens with zero attached hydrogens (tertiary/aromatic N) is 2. The first-order valence-corrected chi connectivity index (χ1v) is 5.35. The molecule has 1 heterocycles. The van der Waals surface area contributed by atoms with Crippen LogP contribution in [0.3, 0.4) is 0 Å². The topological polar surface area (TPSA) is 47.0 Å². The highest BCUT2D eigenvalue weighted by molar-refractivity contribution is 5.31. The predicted octanol–water partition coefficient (Wildman–Crippen LogP) is 2.33. The van der Waals surface area contributed by atoms with Crippen molar-refractivity contribution in [3.8, 4) is 5.88 Å². The van der Waals surface area contributed by atoms with Crippen LogP contribution in [-0.2, 0) is 0 Å². The van der Waals surface area contributed by atoms with Crippen LogP contribution < -0.4 is 10.1 Å². The van der Waals surface area contributed by atoms with Crippen LogP contribution in [0, 0.1) is 5.92 Å². The maximum atomic E-state index is 5.49. The summed E-state index contributed by atoms with van der Waals surface area (Å²) in [5, 5.41) is 2.92. The summed E-state index contributed by atoms with van der Waals surface area (Å²) in [6.45, 7) is 5.13. The molecule has 15 heavy (non-hydrogen) atoms. The summed E-state index contributed by atoms with van der Waals surface area (Å²) in [6, 6.07) is 0. The average Bonchev–Trinajstić information content (AvgIpc) is 2.24. The molecule has 0 saturated carbocycles. The quantitative estimate of drug-likeness (QED) is 0.730. The molecule has 84 valence electrons. The first kappa shape index (κ1) is 11.8. The van der Waals surface area contributed by atoms with Crippen molar-refractivity contribution in [3.63, 3.8) is 0 Å². The minimum absolute atomic E-state index is 0.589. The van der Waals surface area contributed by atoms with Crippen molar-refractivity contribution in [2.75, 3.05) is 19.0 Å². The van der Waals surface area contributed by atoms with E-state index in [4.69, 9.17) is 4.74 Å². The molecule has 1 rings (SSSR count). The van der Waals surface area contributed by atoms with Crippen molar-refractivity contribution in [3.05, 3.63) is 12.4 Å². The van der Waals surface area contributed by atoms with Gasteiger partial charge in [-0.25, -0.2) is 0 Å². The van der Waals surface area contributed by atoms with Crippen LogP contribution in [0.25, 0.3) is 0 Å². The molecule has 0 radical (unpaired) electrons.